The van der Waals surface area contributed by atoms with Crippen molar-refractivity contribution in [3.05, 3.63) is 108 Å². The topological polar surface area (TPSA) is 218 Å². The van der Waals surface area contributed by atoms with E-state index in [9.17, 15) is 46.0 Å². The second-order valence-corrected chi connectivity index (χ2v) is 14.8. The molecular formula is C39H37F2N5O11S. The molecule has 4 N–H and O–H groups in total. The zero-order valence-corrected chi connectivity index (χ0v) is 32.0. The Morgan fingerprint density at radius 1 is 0.690 bits per heavy atom. The van der Waals surface area contributed by atoms with Gasteiger partial charge in [0.1, 0.15) is 23.8 Å². The molecule has 0 unspecified atom stereocenters. The third-order valence-electron chi connectivity index (χ3n) is 8.61. The molecule has 2 aliphatic heterocycles. The smallest absolute Gasteiger partial charge is 0.414 e. The normalized spacial score (nSPS) is 16.1. The summed E-state index contributed by atoms with van der Waals surface area (Å²) in [4.78, 5) is 71.4. The van der Waals surface area contributed by atoms with E-state index in [1.54, 1.807) is 12.1 Å². The van der Waals surface area contributed by atoms with Crippen molar-refractivity contribution in [2.24, 2.45) is 0 Å². The molecule has 0 aliphatic carbocycles. The van der Waals surface area contributed by atoms with Gasteiger partial charge in [-0.05, 0) is 71.8 Å². The van der Waals surface area contributed by atoms with Gasteiger partial charge in [0.05, 0.1) is 49.4 Å². The van der Waals surface area contributed by atoms with E-state index in [4.69, 9.17) is 14.6 Å². The van der Waals surface area contributed by atoms with E-state index in [1.807, 2.05) is 4.72 Å². The van der Waals surface area contributed by atoms with E-state index in [-0.39, 0.29) is 60.2 Å². The summed E-state index contributed by atoms with van der Waals surface area (Å²) in [5.41, 5.74) is 2.38. The van der Waals surface area contributed by atoms with Crippen LogP contribution in [0.5, 0.6) is 0 Å². The van der Waals surface area contributed by atoms with Gasteiger partial charge in [0.15, 0.2) is 0 Å². The van der Waals surface area contributed by atoms with E-state index in [1.165, 1.54) is 96.4 Å². The molecular weight excluding hydrogens is 785 g/mol. The Kier molecular flexibility index (Phi) is 13.1. The first kappa shape index (κ1) is 42.3. The van der Waals surface area contributed by atoms with Crippen LogP contribution in [0.15, 0.2) is 84.9 Å². The zero-order valence-electron chi connectivity index (χ0n) is 31.2. The van der Waals surface area contributed by atoms with Crippen molar-refractivity contribution >= 4 is 57.3 Å². The average Bonchev–Trinajstić information content (AvgIpc) is 3.73. The molecule has 58 heavy (non-hydrogen) atoms. The van der Waals surface area contributed by atoms with E-state index >= 15 is 0 Å². The number of carboxylic acids is 1. The van der Waals surface area contributed by atoms with Crippen molar-refractivity contribution in [2.45, 2.75) is 26.1 Å². The third-order valence-corrected chi connectivity index (χ3v) is 9.17. The van der Waals surface area contributed by atoms with Crippen LogP contribution in [0.4, 0.5) is 29.7 Å². The number of rotatable bonds is 11. The van der Waals surface area contributed by atoms with Crippen LogP contribution in [0.1, 0.15) is 34.6 Å². The molecule has 0 bridgehead atoms. The summed E-state index contributed by atoms with van der Waals surface area (Å²) in [6, 6.07) is 20.2. The second-order valence-electron chi connectivity index (χ2n) is 13.1. The number of hydrogen-bond donors (Lipinski definition) is 4. The standard InChI is InChI=1S/C20H20FN3O6S.C19H17FN2O5/c1-12(25)22-10-16-11-24(20(27)30-16)15-7-8-17(18(21)9-15)13-3-5-14(6-4-13)19(26)23-31(2,28)29;1-11(23)21-9-15-10-22(19(26)27-15)14-6-7-16(17(20)8-14)12-2-4-13(5-3-12)18(24)25/h3-9,16H,10-11H2,1-2H3,(H,22,25)(H,23,26);2-8,15H,9-10H2,1H3,(H,21,23)(H,24,25)/t16-;15-/m00/s1. The van der Waals surface area contributed by atoms with Gasteiger partial charge in [-0.3, -0.25) is 24.2 Å². The summed E-state index contributed by atoms with van der Waals surface area (Å²) < 4.78 is 63.8. The fourth-order valence-corrected chi connectivity index (χ4v) is 6.28. The Balaban J connectivity index is 0.000000223. The first-order valence-electron chi connectivity index (χ1n) is 17.4. The van der Waals surface area contributed by atoms with Crippen LogP contribution in [0, 0.1) is 11.6 Å². The first-order chi connectivity index (χ1) is 27.4. The molecule has 2 heterocycles. The lowest BCUT2D eigenvalue weighted by molar-refractivity contribution is -0.120. The van der Waals surface area contributed by atoms with Crippen LogP contribution >= 0.6 is 0 Å². The van der Waals surface area contributed by atoms with E-state index in [0.717, 1.165) is 6.26 Å². The van der Waals surface area contributed by atoms with Crippen LogP contribution < -0.4 is 25.2 Å². The monoisotopic (exact) mass is 821 g/mol. The maximum absolute atomic E-state index is 14.8. The maximum atomic E-state index is 14.8. The number of nitrogens with zero attached hydrogens (tertiary/aromatic N) is 2. The molecule has 2 fully saturated rings. The quantitative estimate of drug-likeness (QED) is 0.167. The predicted molar refractivity (Wildman–Crippen MR) is 206 cm³/mol. The molecule has 4 aromatic carbocycles. The number of cyclic esters (lactones) is 2. The number of aromatic carboxylic acids is 1. The van der Waals surface area contributed by atoms with Gasteiger partial charge in [-0.2, -0.15) is 0 Å². The Bertz CT molecular complexity index is 2360. The highest BCUT2D eigenvalue weighted by Crippen LogP contribution is 2.31. The van der Waals surface area contributed by atoms with Gasteiger partial charge in [0.2, 0.25) is 21.8 Å². The number of sulfonamides is 1. The Morgan fingerprint density at radius 3 is 1.43 bits per heavy atom. The van der Waals surface area contributed by atoms with Crippen molar-refractivity contribution in [3.8, 4) is 22.3 Å². The van der Waals surface area contributed by atoms with Crippen LogP contribution in [0.25, 0.3) is 22.3 Å². The molecule has 0 saturated carbocycles. The molecule has 304 valence electrons. The van der Waals surface area contributed by atoms with Gasteiger partial charge >= 0.3 is 18.2 Å². The number of amides is 5. The van der Waals surface area contributed by atoms with E-state index in [0.29, 0.717) is 22.5 Å². The highest BCUT2D eigenvalue weighted by molar-refractivity contribution is 7.89. The number of carboxylic acid groups (broad SMARTS) is 1. The minimum Gasteiger partial charge on any atom is -0.478 e. The average molecular weight is 822 g/mol. The molecule has 5 amide bonds. The second kappa shape index (κ2) is 17.9. The number of carbonyl (C=O) groups is 6. The SMILES string of the molecule is CC(=O)NC[C@H]1CN(c2ccc(-c3ccc(C(=O)NS(C)(=O)=O)cc3)c(F)c2)C(=O)O1.CC(=O)NC[C@H]1CN(c2ccc(-c3ccc(C(=O)O)cc3)c(F)c2)C(=O)O1. The number of benzene rings is 4. The Labute approximate surface area is 330 Å². The minimum atomic E-state index is -3.69. The lowest BCUT2D eigenvalue weighted by atomic mass is 10.0. The molecule has 2 aliphatic rings. The van der Waals surface area contributed by atoms with E-state index < -0.39 is 57.9 Å². The Hall–Kier alpha value is -6.89. The summed E-state index contributed by atoms with van der Waals surface area (Å²) in [5.74, 6) is -3.46. The number of nitrogens with one attached hydrogen (secondary N) is 3. The predicted octanol–water partition coefficient (Wildman–Crippen LogP) is 4.30. The fourth-order valence-electron chi connectivity index (χ4n) is 5.83. The molecule has 0 aromatic heterocycles. The lowest BCUT2D eigenvalue weighted by Crippen LogP contribution is -2.33. The van der Waals surface area contributed by atoms with Gasteiger partial charge in [-0.1, -0.05) is 24.3 Å². The lowest BCUT2D eigenvalue weighted by Gasteiger charge is -2.14. The van der Waals surface area contributed by atoms with Crippen molar-refractivity contribution in [1.29, 1.82) is 0 Å². The van der Waals surface area contributed by atoms with Crippen LogP contribution in [0.3, 0.4) is 0 Å². The van der Waals surface area contributed by atoms with Crippen molar-refractivity contribution in [3.63, 3.8) is 0 Å². The van der Waals surface area contributed by atoms with Crippen LogP contribution in [0.2, 0.25) is 0 Å². The summed E-state index contributed by atoms with van der Waals surface area (Å²) >= 11 is 0. The molecule has 6 rings (SSSR count). The van der Waals surface area contributed by atoms with Gasteiger partial charge in [-0.15, -0.1) is 0 Å². The zero-order chi connectivity index (χ0) is 42.3. The molecule has 0 spiro atoms. The van der Waals surface area contributed by atoms with Crippen molar-refractivity contribution in [2.75, 3.05) is 42.2 Å². The highest BCUT2D eigenvalue weighted by Gasteiger charge is 2.34. The van der Waals surface area contributed by atoms with Crippen molar-refractivity contribution in [1.82, 2.24) is 15.4 Å². The summed E-state index contributed by atoms with van der Waals surface area (Å²) in [7, 11) is -3.69. The largest absolute Gasteiger partial charge is 0.478 e. The Morgan fingerprint density at radius 2 is 1.09 bits per heavy atom. The summed E-state index contributed by atoms with van der Waals surface area (Å²) in [6.45, 7) is 3.44. The highest BCUT2D eigenvalue weighted by atomic mass is 32.2. The van der Waals surface area contributed by atoms with Crippen LogP contribution in [-0.2, 0) is 29.1 Å². The summed E-state index contributed by atoms with van der Waals surface area (Å²) in [6.07, 6.45) is -1.42. The third kappa shape index (κ3) is 10.9. The number of halogens is 2. The maximum Gasteiger partial charge on any atom is 0.414 e. The molecule has 19 heteroatoms. The van der Waals surface area contributed by atoms with Crippen LogP contribution in [-0.4, -0.2) is 94.0 Å². The van der Waals surface area contributed by atoms with Gasteiger partial charge in [-0.25, -0.2) is 36.3 Å². The molecule has 2 atom stereocenters. The van der Waals surface area contributed by atoms with Gasteiger partial charge in [0, 0.05) is 30.5 Å². The molecule has 16 nitrogen and oxygen atoms in total. The van der Waals surface area contributed by atoms with Crippen molar-refractivity contribution < 1.29 is 60.5 Å². The van der Waals surface area contributed by atoms with Gasteiger partial charge < -0.3 is 25.2 Å². The fraction of sp³-hybridized carbons (Fsp3) is 0.231. The summed E-state index contributed by atoms with van der Waals surface area (Å²) in [5, 5.41) is 14.1. The first-order valence-corrected chi connectivity index (χ1v) is 19.3. The molecule has 0 radical (unpaired) electrons. The minimum absolute atomic E-state index is 0.108. The van der Waals surface area contributed by atoms with E-state index in [2.05, 4.69) is 10.6 Å². The number of carbonyl (C=O) groups excluding carboxylic acids is 5. The molecule has 2 saturated heterocycles. The molecule has 4 aromatic rings. The number of hydrogen-bond acceptors (Lipinski definition) is 10. The van der Waals surface area contributed by atoms with Gasteiger partial charge in [0.25, 0.3) is 5.91 Å². The number of anilines is 2. The number of ether oxygens (including phenoxy) is 2.